The zero-order valence-corrected chi connectivity index (χ0v) is 20.9. The van der Waals surface area contributed by atoms with Crippen LogP contribution < -0.4 is 33.4 Å². The zero-order chi connectivity index (χ0) is 23.5. The van der Waals surface area contributed by atoms with Gasteiger partial charge in [-0.2, -0.15) is 4.98 Å². The Morgan fingerprint density at radius 1 is 1.00 bits per heavy atom. The summed E-state index contributed by atoms with van der Waals surface area (Å²) in [6.45, 7) is 8.98. The number of ether oxygens (including phenoxy) is 2. The molecule has 14 heteroatoms. The van der Waals surface area contributed by atoms with Crippen molar-refractivity contribution in [2.45, 2.75) is 65.0 Å². The minimum absolute atomic E-state index is 0. The molecule has 0 amide bonds. The summed E-state index contributed by atoms with van der Waals surface area (Å²) in [5.41, 5.74) is 17.0. The number of esters is 2. The fourth-order valence-electron chi connectivity index (χ4n) is 2.98. The van der Waals surface area contributed by atoms with E-state index in [-0.39, 0.29) is 60.6 Å². The van der Waals surface area contributed by atoms with Crippen LogP contribution in [0, 0.1) is 11.8 Å². The predicted molar refractivity (Wildman–Crippen MR) is 131 cm³/mol. The van der Waals surface area contributed by atoms with Gasteiger partial charge in [0.05, 0.1) is 6.04 Å². The van der Waals surface area contributed by atoms with Crippen molar-refractivity contribution >= 4 is 54.2 Å². The molecular weight excluding hydrogens is 477 g/mol. The first kappa shape index (κ1) is 30.7. The van der Waals surface area contributed by atoms with Gasteiger partial charge < -0.3 is 37.3 Å². The van der Waals surface area contributed by atoms with E-state index in [9.17, 15) is 14.4 Å². The number of nitrogens with two attached hydrogens (primary N) is 3. The van der Waals surface area contributed by atoms with Crippen LogP contribution in [0.2, 0.25) is 0 Å². The molecule has 0 aliphatic carbocycles. The van der Waals surface area contributed by atoms with Crippen molar-refractivity contribution in [3.05, 3.63) is 10.4 Å². The molecule has 0 saturated carbocycles. The van der Waals surface area contributed by atoms with Gasteiger partial charge in [-0.25, -0.2) is 0 Å². The number of anilines is 3. The van der Waals surface area contributed by atoms with Crippen molar-refractivity contribution in [1.29, 1.82) is 0 Å². The number of H-pyrrole nitrogens is 1. The van der Waals surface area contributed by atoms with Gasteiger partial charge in [-0.1, -0.05) is 27.7 Å². The molecule has 0 aromatic carbocycles. The fourth-order valence-corrected chi connectivity index (χ4v) is 2.98. The Morgan fingerprint density at radius 2 is 1.52 bits per heavy atom. The lowest BCUT2D eigenvalue weighted by Crippen LogP contribution is -2.54. The third-order valence-electron chi connectivity index (χ3n) is 5.15. The van der Waals surface area contributed by atoms with Crippen LogP contribution in [0.25, 0.3) is 0 Å². The minimum Gasteiger partial charge on any atom is -0.457 e. The van der Waals surface area contributed by atoms with E-state index < -0.39 is 47.8 Å². The Kier molecular flexibility index (Phi) is 11.9. The van der Waals surface area contributed by atoms with Crippen LogP contribution in [0.1, 0.15) is 34.6 Å². The number of halogens is 2. The van der Waals surface area contributed by atoms with E-state index in [0.29, 0.717) is 0 Å². The highest BCUT2D eigenvalue weighted by atomic mass is 35.5. The van der Waals surface area contributed by atoms with Gasteiger partial charge in [-0.3, -0.25) is 19.4 Å². The molecular formula is C19H35Cl2N7O5. The van der Waals surface area contributed by atoms with Crippen LogP contribution in [-0.2, 0) is 19.1 Å². The lowest BCUT2D eigenvalue weighted by molar-refractivity contribution is -0.170. The number of hydrogen-bond donors (Lipinski definition) is 6. The molecule has 0 saturated heterocycles. The van der Waals surface area contributed by atoms with Gasteiger partial charge in [-0.05, 0) is 18.8 Å². The maximum absolute atomic E-state index is 12.6. The van der Waals surface area contributed by atoms with Crippen LogP contribution in [0.3, 0.4) is 0 Å². The van der Waals surface area contributed by atoms with Gasteiger partial charge in [-0.15, -0.1) is 24.8 Å². The van der Waals surface area contributed by atoms with Gasteiger partial charge in [0.25, 0.3) is 5.56 Å². The molecule has 33 heavy (non-hydrogen) atoms. The second-order valence-electron chi connectivity index (χ2n) is 8.39. The van der Waals surface area contributed by atoms with E-state index in [1.165, 1.54) is 0 Å². The van der Waals surface area contributed by atoms with Crippen molar-refractivity contribution in [3.63, 3.8) is 0 Å². The van der Waals surface area contributed by atoms with Gasteiger partial charge in [0, 0.05) is 6.54 Å². The summed E-state index contributed by atoms with van der Waals surface area (Å²) >= 11 is 0. The van der Waals surface area contributed by atoms with E-state index in [1.807, 2.05) is 0 Å². The number of fused-ring (bicyclic) bond motifs is 1. The highest BCUT2D eigenvalue weighted by Crippen LogP contribution is 2.24. The molecule has 0 radical (unpaired) electrons. The standard InChI is InChI=1S/C19H33N7O5.2ClH/c1-7(2)11(20)17(28)30-9(5)14(31-18(29)12(21)8(3)4)10-6-23-15-13(24-10)16(27)26-19(22)25-15;;/h7-12,14,24H,6,20-21H2,1-5H3,(H4,22,23,25,26,27);2*1H. The Morgan fingerprint density at radius 3 is 2.03 bits per heavy atom. The summed E-state index contributed by atoms with van der Waals surface area (Å²) < 4.78 is 11.1. The molecule has 1 aliphatic heterocycles. The third-order valence-corrected chi connectivity index (χ3v) is 5.15. The lowest BCUT2D eigenvalue weighted by Gasteiger charge is -2.36. The first-order valence-corrected chi connectivity index (χ1v) is 10.2. The van der Waals surface area contributed by atoms with Crippen molar-refractivity contribution in [2.24, 2.45) is 23.3 Å². The molecule has 190 valence electrons. The average Bonchev–Trinajstić information content (AvgIpc) is 2.69. The fraction of sp³-hybridized carbons (Fsp3) is 0.684. The SMILES string of the molecule is CC(C)C(N)C(=O)OC(C)C(OC(=O)C(N)C(C)C)C1CNc2nc(N)[nH]c(=O)c2N1.Cl.Cl. The predicted octanol–water partition coefficient (Wildman–Crippen LogP) is 0.212. The third kappa shape index (κ3) is 7.63. The van der Waals surface area contributed by atoms with E-state index in [0.717, 1.165) is 0 Å². The topological polar surface area (TPSA) is 200 Å². The first-order chi connectivity index (χ1) is 14.4. The Labute approximate surface area is 204 Å². The summed E-state index contributed by atoms with van der Waals surface area (Å²) in [5.74, 6) is -1.32. The van der Waals surface area contributed by atoms with Crippen LogP contribution >= 0.6 is 24.8 Å². The molecule has 1 aromatic rings. The van der Waals surface area contributed by atoms with Crippen molar-refractivity contribution in [2.75, 3.05) is 22.9 Å². The van der Waals surface area contributed by atoms with E-state index in [2.05, 4.69) is 20.6 Å². The minimum atomic E-state index is -0.960. The molecule has 1 aromatic heterocycles. The quantitative estimate of drug-likeness (QED) is 0.260. The molecule has 0 spiro atoms. The molecule has 5 atom stereocenters. The summed E-state index contributed by atoms with van der Waals surface area (Å²) in [7, 11) is 0. The van der Waals surface area contributed by atoms with Crippen LogP contribution in [0.5, 0.6) is 0 Å². The molecule has 12 nitrogen and oxygen atoms in total. The van der Waals surface area contributed by atoms with Gasteiger partial charge >= 0.3 is 11.9 Å². The maximum Gasteiger partial charge on any atom is 0.323 e. The number of hydrogen-bond acceptors (Lipinski definition) is 11. The highest BCUT2D eigenvalue weighted by molar-refractivity contribution is 5.85. The molecule has 2 heterocycles. The highest BCUT2D eigenvalue weighted by Gasteiger charge is 2.38. The van der Waals surface area contributed by atoms with Crippen LogP contribution in [-0.4, -0.2) is 58.8 Å². The molecule has 5 unspecified atom stereocenters. The lowest BCUT2D eigenvalue weighted by atomic mass is 10.0. The number of nitrogens with zero attached hydrogens (tertiary/aromatic N) is 1. The first-order valence-electron chi connectivity index (χ1n) is 10.2. The second-order valence-corrected chi connectivity index (χ2v) is 8.39. The van der Waals surface area contributed by atoms with E-state index >= 15 is 0 Å². The zero-order valence-electron chi connectivity index (χ0n) is 19.3. The normalized spacial score (nSPS) is 18.3. The van der Waals surface area contributed by atoms with Crippen LogP contribution in [0.4, 0.5) is 17.5 Å². The summed E-state index contributed by atoms with van der Waals surface area (Å²) in [6, 6.07) is -2.32. The number of aromatic amines is 1. The second kappa shape index (κ2) is 12.8. The number of nitrogen functional groups attached to an aromatic ring is 1. The summed E-state index contributed by atoms with van der Waals surface area (Å²) in [6.07, 6.45) is -1.83. The number of carbonyl (C=O) groups excluding carboxylic acids is 2. The maximum atomic E-state index is 12.6. The van der Waals surface area contributed by atoms with Crippen molar-refractivity contribution in [1.82, 2.24) is 9.97 Å². The summed E-state index contributed by atoms with van der Waals surface area (Å²) in [5, 5.41) is 6.00. The summed E-state index contributed by atoms with van der Waals surface area (Å²) in [4.78, 5) is 43.7. The van der Waals surface area contributed by atoms with Crippen molar-refractivity contribution in [3.8, 4) is 0 Å². The molecule has 1 aliphatic rings. The number of aromatic nitrogens is 2. The van der Waals surface area contributed by atoms with Crippen molar-refractivity contribution < 1.29 is 19.1 Å². The van der Waals surface area contributed by atoms with Gasteiger partial charge in [0.2, 0.25) is 5.95 Å². The van der Waals surface area contributed by atoms with E-state index in [4.69, 9.17) is 26.7 Å². The number of carbonyl (C=O) groups is 2. The molecule has 0 fully saturated rings. The monoisotopic (exact) mass is 511 g/mol. The average molecular weight is 512 g/mol. The van der Waals surface area contributed by atoms with Crippen LogP contribution in [0.15, 0.2) is 4.79 Å². The molecule has 2 rings (SSSR count). The Bertz CT molecular complexity index is 867. The smallest absolute Gasteiger partial charge is 0.323 e. The Balaban J connectivity index is 0.00000512. The Hall–Kier alpha value is -2.28. The van der Waals surface area contributed by atoms with Gasteiger partial charge in [0.15, 0.2) is 11.9 Å². The largest absolute Gasteiger partial charge is 0.457 e. The molecule has 0 bridgehead atoms. The number of nitrogens with one attached hydrogen (secondary N) is 3. The van der Waals surface area contributed by atoms with Gasteiger partial charge in [0.1, 0.15) is 23.9 Å². The molecule has 9 N–H and O–H groups in total. The number of rotatable bonds is 8. The van der Waals surface area contributed by atoms with E-state index in [1.54, 1.807) is 34.6 Å².